The molecule has 204 valence electrons. The minimum Gasteiger partial charge on any atom is -0.494 e. The van der Waals surface area contributed by atoms with Gasteiger partial charge < -0.3 is 23.9 Å². The van der Waals surface area contributed by atoms with Crippen LogP contribution in [0.15, 0.2) is 54.7 Å². The molecule has 4 heterocycles. The van der Waals surface area contributed by atoms with E-state index in [0.29, 0.717) is 29.1 Å². The Hall–Kier alpha value is -4.66. The number of aromatic nitrogens is 4. The van der Waals surface area contributed by atoms with E-state index in [1.165, 1.54) is 7.11 Å². The number of hydrogen-bond acceptors (Lipinski definition) is 6. The lowest BCUT2D eigenvalue weighted by Crippen LogP contribution is -2.13. The number of nitrogens with one attached hydrogen (secondary N) is 1. The van der Waals surface area contributed by atoms with Crippen molar-refractivity contribution in [1.82, 2.24) is 19.1 Å². The molecule has 9 nitrogen and oxygen atoms in total. The summed E-state index contributed by atoms with van der Waals surface area (Å²) in [5, 5.41) is 4.11. The molecule has 9 heteroatoms. The van der Waals surface area contributed by atoms with Crippen molar-refractivity contribution >= 4 is 39.6 Å². The van der Waals surface area contributed by atoms with Gasteiger partial charge in [0, 0.05) is 42.7 Å². The highest BCUT2D eigenvalue weighted by Crippen LogP contribution is 2.37. The van der Waals surface area contributed by atoms with Gasteiger partial charge in [-0.2, -0.15) is 0 Å². The molecule has 0 spiro atoms. The van der Waals surface area contributed by atoms with E-state index in [1.807, 2.05) is 23.7 Å². The fourth-order valence-electron chi connectivity index (χ4n) is 5.62. The van der Waals surface area contributed by atoms with E-state index in [-0.39, 0.29) is 5.91 Å². The van der Waals surface area contributed by atoms with E-state index in [4.69, 9.17) is 14.5 Å². The standard InChI is InChI=1S/C31H31N5O4/c1-35-28-23(15-21(31(38)40-3)18-26(28)39-2)33-30(35)25-17-20-12-11-19-16-24(20)36(25)14-7-5-4-6-10-27(37)34-29-22(19)9-8-13-32-29/h8-9,11-13,15-18H,4-7,10,14H2,1-3H3,(H,32,34,37). The van der Waals surface area contributed by atoms with Gasteiger partial charge in [0.15, 0.2) is 5.82 Å². The monoisotopic (exact) mass is 537 g/mol. The number of nitrogens with zero attached hydrogens (tertiary/aromatic N) is 4. The van der Waals surface area contributed by atoms with Gasteiger partial charge in [-0.3, -0.25) is 4.79 Å². The lowest BCUT2D eigenvalue weighted by Gasteiger charge is -2.14. The molecule has 0 radical (unpaired) electrons. The zero-order valence-electron chi connectivity index (χ0n) is 22.9. The molecule has 3 aromatic heterocycles. The first-order valence-corrected chi connectivity index (χ1v) is 13.5. The summed E-state index contributed by atoms with van der Waals surface area (Å²) in [6.45, 7) is 0.808. The molecule has 1 amide bonds. The maximum Gasteiger partial charge on any atom is 0.338 e. The van der Waals surface area contributed by atoms with Crippen LogP contribution in [0.1, 0.15) is 42.5 Å². The molecular weight excluding hydrogens is 506 g/mol. The van der Waals surface area contributed by atoms with Crippen LogP contribution in [0.2, 0.25) is 0 Å². The molecule has 0 aliphatic carbocycles. The fourth-order valence-corrected chi connectivity index (χ4v) is 5.62. The molecule has 6 rings (SSSR count). The van der Waals surface area contributed by atoms with Crippen LogP contribution in [0.5, 0.6) is 5.75 Å². The van der Waals surface area contributed by atoms with Gasteiger partial charge in [-0.1, -0.05) is 25.0 Å². The minimum atomic E-state index is -0.437. The first-order valence-electron chi connectivity index (χ1n) is 13.5. The van der Waals surface area contributed by atoms with Crippen molar-refractivity contribution in [1.29, 1.82) is 0 Å². The Bertz CT molecular complexity index is 1770. The van der Waals surface area contributed by atoms with E-state index in [0.717, 1.165) is 71.3 Å². The van der Waals surface area contributed by atoms with Gasteiger partial charge in [-0.05, 0) is 54.8 Å². The molecule has 2 aromatic carbocycles. The van der Waals surface area contributed by atoms with Crippen molar-refractivity contribution in [2.45, 2.75) is 38.6 Å². The summed E-state index contributed by atoms with van der Waals surface area (Å²) in [6, 6.07) is 15.8. The Morgan fingerprint density at radius 1 is 1.02 bits per heavy atom. The Morgan fingerprint density at radius 2 is 1.88 bits per heavy atom. The molecule has 5 aromatic rings. The smallest absolute Gasteiger partial charge is 0.338 e. The van der Waals surface area contributed by atoms with Crippen molar-refractivity contribution in [3.05, 3.63) is 60.3 Å². The SMILES string of the molecule is COC(=O)c1cc(OC)c2c(c1)nc(-c1cc3ccc4cc3n1CCCCCCC(=O)Nc1ncccc1-4)n2C. The third-order valence-electron chi connectivity index (χ3n) is 7.62. The summed E-state index contributed by atoms with van der Waals surface area (Å²) >= 11 is 0. The number of fused-ring (bicyclic) bond motifs is 4. The summed E-state index contributed by atoms with van der Waals surface area (Å²) in [7, 11) is 4.92. The molecule has 0 unspecified atom stereocenters. The summed E-state index contributed by atoms with van der Waals surface area (Å²) in [4.78, 5) is 34.3. The quantitative estimate of drug-likeness (QED) is 0.285. The molecule has 2 bridgehead atoms. The Labute approximate surface area is 231 Å². The Kier molecular flexibility index (Phi) is 6.71. The first kappa shape index (κ1) is 25.6. The molecule has 40 heavy (non-hydrogen) atoms. The largest absolute Gasteiger partial charge is 0.494 e. The molecule has 0 saturated carbocycles. The lowest BCUT2D eigenvalue weighted by atomic mass is 10.0. The van der Waals surface area contributed by atoms with Gasteiger partial charge in [0.05, 0.1) is 31.0 Å². The second kappa shape index (κ2) is 10.5. The first-order chi connectivity index (χ1) is 19.5. The number of hydrogen-bond donors (Lipinski definition) is 1. The molecule has 0 fully saturated rings. The van der Waals surface area contributed by atoms with Crippen LogP contribution in [0.4, 0.5) is 5.82 Å². The van der Waals surface area contributed by atoms with Gasteiger partial charge in [0.25, 0.3) is 0 Å². The van der Waals surface area contributed by atoms with Gasteiger partial charge in [-0.15, -0.1) is 0 Å². The zero-order chi connectivity index (χ0) is 27.8. The minimum absolute atomic E-state index is 0.00335. The van der Waals surface area contributed by atoms with Crippen LogP contribution >= 0.6 is 0 Å². The summed E-state index contributed by atoms with van der Waals surface area (Å²) in [5.74, 6) is 1.48. The van der Waals surface area contributed by atoms with Crippen molar-refractivity contribution in [3.63, 3.8) is 0 Å². The maximum atomic E-state index is 12.6. The van der Waals surface area contributed by atoms with Crippen molar-refractivity contribution in [3.8, 4) is 28.4 Å². The second-order valence-corrected chi connectivity index (χ2v) is 10.1. The third-order valence-corrected chi connectivity index (χ3v) is 7.62. The van der Waals surface area contributed by atoms with Gasteiger partial charge in [-0.25, -0.2) is 14.8 Å². The van der Waals surface area contributed by atoms with Gasteiger partial charge >= 0.3 is 5.97 Å². The van der Waals surface area contributed by atoms with Crippen LogP contribution in [-0.4, -0.2) is 45.2 Å². The van der Waals surface area contributed by atoms with Crippen molar-refractivity contribution < 1.29 is 19.1 Å². The number of rotatable bonds is 3. The number of anilines is 1. The molecule has 1 N–H and O–H groups in total. The Balaban J connectivity index is 1.55. The highest BCUT2D eigenvalue weighted by atomic mass is 16.5. The molecule has 1 aliphatic heterocycles. The number of benzene rings is 2. The lowest BCUT2D eigenvalue weighted by molar-refractivity contribution is -0.116. The average Bonchev–Trinajstić information content (AvgIpc) is 3.50. The van der Waals surface area contributed by atoms with E-state index < -0.39 is 5.97 Å². The highest BCUT2D eigenvalue weighted by Gasteiger charge is 2.22. The van der Waals surface area contributed by atoms with E-state index in [2.05, 4.69) is 39.1 Å². The number of carbonyl (C=O) groups excluding carboxylic acids is 2. The van der Waals surface area contributed by atoms with Crippen LogP contribution in [-0.2, 0) is 23.1 Å². The number of ether oxygens (including phenoxy) is 2. The number of esters is 1. The number of aryl methyl sites for hydroxylation is 2. The van der Waals surface area contributed by atoms with Crippen LogP contribution in [0.3, 0.4) is 0 Å². The van der Waals surface area contributed by atoms with E-state index >= 15 is 0 Å². The number of imidazole rings is 1. The van der Waals surface area contributed by atoms with E-state index in [9.17, 15) is 9.59 Å². The van der Waals surface area contributed by atoms with Gasteiger partial charge in [0.2, 0.25) is 5.91 Å². The zero-order valence-corrected chi connectivity index (χ0v) is 22.9. The number of pyridine rings is 1. The topological polar surface area (TPSA) is 100 Å². The second-order valence-electron chi connectivity index (χ2n) is 10.1. The Morgan fingerprint density at radius 3 is 2.70 bits per heavy atom. The normalized spacial score (nSPS) is 14.1. The predicted octanol–water partition coefficient (Wildman–Crippen LogP) is 5.95. The summed E-state index contributed by atoms with van der Waals surface area (Å²) < 4.78 is 15.0. The number of carbonyl (C=O) groups is 2. The number of amides is 1. The highest BCUT2D eigenvalue weighted by molar-refractivity contribution is 5.98. The van der Waals surface area contributed by atoms with Crippen molar-refractivity contribution in [2.24, 2.45) is 7.05 Å². The van der Waals surface area contributed by atoms with Crippen LogP contribution in [0, 0.1) is 0 Å². The van der Waals surface area contributed by atoms with Crippen LogP contribution in [0.25, 0.3) is 44.6 Å². The third kappa shape index (κ3) is 4.47. The summed E-state index contributed by atoms with van der Waals surface area (Å²) in [5.41, 5.74) is 5.79. The van der Waals surface area contributed by atoms with Gasteiger partial charge in [0.1, 0.15) is 17.1 Å². The molecule has 1 aliphatic rings. The average molecular weight is 538 g/mol. The summed E-state index contributed by atoms with van der Waals surface area (Å²) in [6.07, 6.45) is 5.97. The van der Waals surface area contributed by atoms with E-state index in [1.54, 1.807) is 25.4 Å². The van der Waals surface area contributed by atoms with Crippen LogP contribution < -0.4 is 10.1 Å². The van der Waals surface area contributed by atoms with Crippen molar-refractivity contribution in [2.75, 3.05) is 19.5 Å². The fraction of sp³-hybridized carbons (Fsp3) is 0.290. The molecule has 0 saturated heterocycles. The molecule has 0 atom stereocenters. The predicted molar refractivity (Wildman–Crippen MR) is 154 cm³/mol. The maximum absolute atomic E-state index is 12.6. The number of methoxy groups -OCH3 is 2. The molecular formula is C31H31N5O4.